The van der Waals surface area contributed by atoms with Crippen molar-refractivity contribution in [3.8, 4) is 0 Å². The van der Waals surface area contributed by atoms with Crippen molar-refractivity contribution in [2.75, 3.05) is 7.11 Å². The molecule has 0 amide bonds. The number of carbonyl (C=O) groups is 2. The van der Waals surface area contributed by atoms with E-state index in [2.05, 4.69) is 4.74 Å². The molecule has 0 atom stereocenters. The molecule has 0 aromatic heterocycles. The van der Waals surface area contributed by atoms with E-state index >= 15 is 0 Å². The summed E-state index contributed by atoms with van der Waals surface area (Å²) in [5.74, 6) is -0.512. The molecular weight excluding hydrogens is 220 g/mol. The van der Waals surface area contributed by atoms with Gasteiger partial charge >= 0.3 is 11.9 Å². The van der Waals surface area contributed by atoms with Crippen LogP contribution in [-0.4, -0.2) is 19.0 Å². The minimum Gasteiger partial charge on any atom is -0.465 e. The molecule has 0 saturated heterocycles. The van der Waals surface area contributed by atoms with Gasteiger partial charge in [0.2, 0.25) is 0 Å². The van der Waals surface area contributed by atoms with E-state index in [-0.39, 0.29) is 11.1 Å². The molecule has 0 bridgehead atoms. The summed E-state index contributed by atoms with van der Waals surface area (Å²) in [7, 11) is 1.28. The van der Waals surface area contributed by atoms with Crippen molar-refractivity contribution in [2.45, 2.75) is 13.8 Å². The number of fused-ring (bicyclic) bond motifs is 1. The lowest BCUT2D eigenvalue weighted by molar-refractivity contribution is 0.0587. The minimum atomic E-state index is -0.534. The van der Waals surface area contributed by atoms with Crippen LogP contribution in [-0.2, 0) is 9.47 Å². The standard InChI is InChI=1S/C13H12O4/c1-7(2)11-8-5-4-6-9(12(14)16-3)10(8)13(15)17-11/h4-6H,1-3H3. The van der Waals surface area contributed by atoms with Crippen LogP contribution < -0.4 is 0 Å². The highest BCUT2D eigenvalue weighted by Gasteiger charge is 2.32. The predicted molar refractivity (Wildman–Crippen MR) is 61.5 cm³/mol. The van der Waals surface area contributed by atoms with Crippen molar-refractivity contribution in [1.82, 2.24) is 0 Å². The van der Waals surface area contributed by atoms with Gasteiger partial charge in [0.1, 0.15) is 5.76 Å². The zero-order chi connectivity index (χ0) is 12.6. The molecule has 1 heterocycles. The summed E-state index contributed by atoms with van der Waals surface area (Å²) < 4.78 is 9.80. The Bertz CT molecular complexity index is 536. The topological polar surface area (TPSA) is 52.6 Å². The number of carbonyl (C=O) groups excluding carboxylic acids is 2. The van der Waals surface area contributed by atoms with Gasteiger partial charge in [0.05, 0.1) is 18.2 Å². The Morgan fingerprint density at radius 3 is 2.59 bits per heavy atom. The van der Waals surface area contributed by atoms with Gasteiger partial charge in [0.25, 0.3) is 0 Å². The molecule has 0 fully saturated rings. The molecule has 4 heteroatoms. The van der Waals surface area contributed by atoms with E-state index in [1.54, 1.807) is 18.2 Å². The molecule has 1 aromatic rings. The summed E-state index contributed by atoms with van der Waals surface area (Å²) >= 11 is 0. The number of ether oxygens (including phenoxy) is 2. The highest BCUT2D eigenvalue weighted by molar-refractivity contribution is 6.11. The first-order valence-corrected chi connectivity index (χ1v) is 5.17. The highest BCUT2D eigenvalue weighted by Crippen LogP contribution is 2.34. The van der Waals surface area contributed by atoms with E-state index in [1.165, 1.54) is 7.11 Å². The van der Waals surface area contributed by atoms with E-state index in [9.17, 15) is 9.59 Å². The fourth-order valence-corrected chi connectivity index (χ4v) is 1.81. The molecule has 1 aromatic carbocycles. The lowest BCUT2D eigenvalue weighted by Gasteiger charge is -2.03. The number of cyclic esters (lactones) is 1. The molecule has 0 aliphatic carbocycles. The number of methoxy groups -OCH3 is 1. The molecule has 1 aliphatic rings. The van der Waals surface area contributed by atoms with Crippen molar-refractivity contribution >= 4 is 17.7 Å². The molecule has 2 rings (SSSR count). The first kappa shape index (κ1) is 11.4. The van der Waals surface area contributed by atoms with Crippen LogP contribution in [0.5, 0.6) is 0 Å². The number of allylic oxidation sites excluding steroid dienone is 1. The predicted octanol–water partition coefficient (Wildman–Crippen LogP) is 2.39. The number of rotatable bonds is 1. The van der Waals surface area contributed by atoms with Crippen LogP contribution >= 0.6 is 0 Å². The van der Waals surface area contributed by atoms with Gasteiger partial charge in [-0.25, -0.2) is 9.59 Å². The second kappa shape index (κ2) is 4.05. The fourth-order valence-electron chi connectivity index (χ4n) is 1.81. The second-order valence-electron chi connectivity index (χ2n) is 3.94. The summed E-state index contributed by atoms with van der Waals surface area (Å²) in [6.07, 6.45) is 0. The lowest BCUT2D eigenvalue weighted by Crippen LogP contribution is -2.08. The number of hydrogen-bond donors (Lipinski definition) is 0. The molecule has 1 aliphatic heterocycles. The normalized spacial score (nSPS) is 13.1. The van der Waals surface area contributed by atoms with Gasteiger partial charge in [-0.05, 0) is 25.5 Å². The lowest BCUT2D eigenvalue weighted by atomic mass is 10.0. The van der Waals surface area contributed by atoms with Crippen molar-refractivity contribution in [2.24, 2.45) is 0 Å². The van der Waals surface area contributed by atoms with Crippen LogP contribution in [0, 0.1) is 0 Å². The first-order valence-electron chi connectivity index (χ1n) is 5.17. The molecule has 88 valence electrons. The van der Waals surface area contributed by atoms with E-state index in [1.807, 2.05) is 13.8 Å². The molecule has 0 unspecified atom stereocenters. The number of hydrogen-bond acceptors (Lipinski definition) is 4. The van der Waals surface area contributed by atoms with Crippen LogP contribution in [0.25, 0.3) is 5.76 Å². The summed E-state index contributed by atoms with van der Waals surface area (Å²) in [4.78, 5) is 23.3. The van der Waals surface area contributed by atoms with Crippen LogP contribution in [0.2, 0.25) is 0 Å². The summed E-state index contributed by atoms with van der Waals surface area (Å²) in [6.45, 7) is 3.70. The maximum atomic E-state index is 11.8. The van der Waals surface area contributed by atoms with Gasteiger partial charge in [-0.1, -0.05) is 12.1 Å². The second-order valence-corrected chi connectivity index (χ2v) is 3.94. The molecule has 17 heavy (non-hydrogen) atoms. The summed E-state index contributed by atoms with van der Waals surface area (Å²) in [5, 5.41) is 0. The Morgan fingerprint density at radius 1 is 1.29 bits per heavy atom. The highest BCUT2D eigenvalue weighted by atomic mass is 16.5. The largest absolute Gasteiger partial charge is 0.465 e. The Morgan fingerprint density at radius 2 is 2.00 bits per heavy atom. The van der Waals surface area contributed by atoms with Gasteiger partial charge in [0, 0.05) is 5.56 Å². The number of esters is 2. The summed E-state index contributed by atoms with van der Waals surface area (Å²) in [6, 6.07) is 5.02. The maximum Gasteiger partial charge on any atom is 0.345 e. The van der Waals surface area contributed by atoms with Crippen LogP contribution in [0.4, 0.5) is 0 Å². The van der Waals surface area contributed by atoms with E-state index < -0.39 is 11.9 Å². The van der Waals surface area contributed by atoms with E-state index in [0.29, 0.717) is 11.3 Å². The Balaban J connectivity index is 2.69. The zero-order valence-electron chi connectivity index (χ0n) is 9.87. The third kappa shape index (κ3) is 1.71. The molecule has 0 N–H and O–H groups in total. The van der Waals surface area contributed by atoms with Crippen molar-refractivity contribution < 1.29 is 19.1 Å². The fraction of sp³-hybridized carbons (Fsp3) is 0.231. The molecule has 0 spiro atoms. The third-order valence-corrected chi connectivity index (χ3v) is 2.57. The van der Waals surface area contributed by atoms with Crippen molar-refractivity contribution in [3.05, 3.63) is 40.5 Å². The van der Waals surface area contributed by atoms with Crippen molar-refractivity contribution in [1.29, 1.82) is 0 Å². The van der Waals surface area contributed by atoms with Crippen LogP contribution in [0.1, 0.15) is 40.1 Å². The maximum absolute atomic E-state index is 11.8. The van der Waals surface area contributed by atoms with Gasteiger partial charge < -0.3 is 9.47 Å². The molecule has 0 radical (unpaired) electrons. The van der Waals surface area contributed by atoms with Gasteiger partial charge in [-0.3, -0.25) is 0 Å². The van der Waals surface area contributed by atoms with Gasteiger partial charge in [-0.2, -0.15) is 0 Å². The Hall–Kier alpha value is -2.10. The quantitative estimate of drug-likeness (QED) is 0.697. The Kier molecular flexibility index (Phi) is 2.71. The average Bonchev–Trinajstić information content (AvgIpc) is 2.66. The molecule has 4 nitrogen and oxygen atoms in total. The SMILES string of the molecule is COC(=O)c1cccc2c1C(=O)OC2=C(C)C. The monoisotopic (exact) mass is 232 g/mol. The van der Waals surface area contributed by atoms with E-state index in [4.69, 9.17) is 4.74 Å². The van der Waals surface area contributed by atoms with Gasteiger partial charge in [-0.15, -0.1) is 0 Å². The first-order chi connectivity index (χ1) is 8.06. The minimum absolute atomic E-state index is 0.242. The van der Waals surface area contributed by atoms with Crippen molar-refractivity contribution in [3.63, 3.8) is 0 Å². The molecule has 0 saturated carbocycles. The molecular formula is C13H12O4. The van der Waals surface area contributed by atoms with Gasteiger partial charge in [0.15, 0.2) is 0 Å². The Labute approximate surface area is 98.8 Å². The zero-order valence-corrected chi connectivity index (χ0v) is 9.87. The van der Waals surface area contributed by atoms with E-state index in [0.717, 1.165) is 5.57 Å². The summed E-state index contributed by atoms with van der Waals surface area (Å²) in [5.41, 5.74) is 2.07. The van der Waals surface area contributed by atoms with Crippen LogP contribution in [0.3, 0.4) is 0 Å². The smallest absolute Gasteiger partial charge is 0.345 e. The van der Waals surface area contributed by atoms with Crippen LogP contribution in [0.15, 0.2) is 23.8 Å². The number of benzene rings is 1. The average molecular weight is 232 g/mol. The third-order valence-electron chi connectivity index (χ3n) is 2.57.